The zero-order valence-electron chi connectivity index (χ0n) is 6.72. The Morgan fingerprint density at radius 1 is 1.38 bits per heavy atom. The number of hydrogen-bond donors (Lipinski definition) is 4. The van der Waals surface area contributed by atoms with Crippen LogP contribution in [0.5, 0.6) is 0 Å². The number of rotatable bonds is 5. The van der Waals surface area contributed by atoms with Crippen molar-refractivity contribution in [3.05, 3.63) is 11.9 Å². The summed E-state index contributed by atoms with van der Waals surface area (Å²) in [7, 11) is 0. The monoisotopic (exact) mass is 194 g/mol. The Kier molecular flexibility index (Phi) is 5.40. The lowest BCUT2D eigenvalue weighted by atomic mass is 10.0. The first kappa shape index (κ1) is 12.2. The highest BCUT2D eigenvalue weighted by Gasteiger charge is 2.24. The van der Waals surface area contributed by atoms with Gasteiger partial charge in [-0.3, -0.25) is 4.79 Å². The van der Waals surface area contributed by atoms with Crippen LogP contribution in [0.3, 0.4) is 0 Å². The van der Waals surface area contributed by atoms with Gasteiger partial charge in [0, 0.05) is 0 Å². The van der Waals surface area contributed by atoms with Crippen molar-refractivity contribution in [3.63, 3.8) is 0 Å². The third kappa shape index (κ3) is 3.19. The molecule has 2 unspecified atom stereocenters. The lowest BCUT2D eigenvalue weighted by molar-refractivity contribution is -0.120. The number of hydrogen-bond acceptors (Lipinski definition) is 5. The molecule has 0 bridgehead atoms. The quantitative estimate of drug-likeness (QED) is 0.384. The van der Waals surface area contributed by atoms with Crippen LogP contribution in [0, 0.1) is 0 Å². The van der Waals surface area contributed by atoms with Gasteiger partial charge in [0.15, 0.2) is 5.78 Å². The van der Waals surface area contributed by atoms with Crippen LogP contribution in [0.4, 0.5) is 4.39 Å². The smallest absolute Gasteiger partial charge is 0.189 e. The average molecular weight is 194 g/mol. The molecule has 0 spiro atoms. The average Bonchev–Trinajstić information content (AvgIpc) is 2.17. The number of carbonyl (C=O) groups excluding carboxylic acids is 1. The molecule has 4 N–H and O–H groups in total. The molecule has 0 radical (unpaired) electrons. The van der Waals surface area contributed by atoms with Crippen LogP contribution in [0.15, 0.2) is 11.9 Å². The van der Waals surface area contributed by atoms with Gasteiger partial charge in [-0.05, 0) is 0 Å². The summed E-state index contributed by atoms with van der Waals surface area (Å²) in [5.41, 5.74) is -0.760. The Hall–Kier alpha value is -0.820. The zero-order valence-corrected chi connectivity index (χ0v) is 6.72. The van der Waals surface area contributed by atoms with Crippen molar-refractivity contribution in [2.24, 2.45) is 0 Å². The highest BCUT2D eigenvalue weighted by atomic mass is 19.1. The maximum Gasteiger partial charge on any atom is 0.189 e. The van der Waals surface area contributed by atoms with E-state index in [1.165, 1.54) is 0 Å². The Balaban J connectivity index is 4.51. The molecule has 0 aliphatic rings. The van der Waals surface area contributed by atoms with Crippen molar-refractivity contribution in [1.29, 1.82) is 0 Å². The van der Waals surface area contributed by atoms with Crippen LogP contribution < -0.4 is 0 Å². The number of halogens is 1. The van der Waals surface area contributed by atoms with Crippen molar-refractivity contribution in [3.8, 4) is 0 Å². The molecule has 13 heavy (non-hydrogen) atoms. The zero-order chi connectivity index (χ0) is 10.4. The highest BCUT2D eigenvalue weighted by Crippen LogP contribution is 2.08. The SMILES string of the molecule is O=C(CO)/C(=C\F)C(O)C(O)CO. The number of aliphatic hydroxyl groups is 4. The molecule has 0 aromatic rings. The van der Waals surface area contributed by atoms with Gasteiger partial charge in [0.1, 0.15) is 18.8 Å². The van der Waals surface area contributed by atoms with Gasteiger partial charge in [0.05, 0.1) is 18.5 Å². The van der Waals surface area contributed by atoms with Crippen molar-refractivity contribution in [2.75, 3.05) is 13.2 Å². The van der Waals surface area contributed by atoms with E-state index in [1.807, 2.05) is 0 Å². The maximum atomic E-state index is 12.0. The van der Waals surface area contributed by atoms with Gasteiger partial charge in [-0.25, -0.2) is 4.39 Å². The van der Waals surface area contributed by atoms with Crippen LogP contribution in [-0.2, 0) is 4.79 Å². The van der Waals surface area contributed by atoms with Crippen molar-refractivity contribution in [1.82, 2.24) is 0 Å². The molecule has 0 saturated heterocycles. The van der Waals surface area contributed by atoms with E-state index >= 15 is 0 Å². The normalized spacial score (nSPS) is 16.8. The van der Waals surface area contributed by atoms with Crippen molar-refractivity contribution in [2.45, 2.75) is 12.2 Å². The summed E-state index contributed by atoms with van der Waals surface area (Å²) in [5.74, 6) is -1.04. The predicted octanol–water partition coefficient (Wildman–Crippen LogP) is -1.88. The molecule has 6 heteroatoms. The third-order valence-corrected chi connectivity index (χ3v) is 1.45. The van der Waals surface area contributed by atoms with Crippen LogP contribution >= 0.6 is 0 Å². The van der Waals surface area contributed by atoms with E-state index in [0.29, 0.717) is 0 Å². The first-order chi connectivity index (χ1) is 6.08. The summed E-state index contributed by atoms with van der Waals surface area (Å²) in [6.07, 6.45) is -3.67. The summed E-state index contributed by atoms with van der Waals surface area (Å²) in [5, 5.41) is 34.6. The minimum atomic E-state index is -1.82. The first-order valence-electron chi connectivity index (χ1n) is 3.49. The maximum absolute atomic E-state index is 12.0. The topological polar surface area (TPSA) is 98.0 Å². The van der Waals surface area contributed by atoms with Gasteiger partial charge in [-0.2, -0.15) is 0 Å². The second-order valence-electron chi connectivity index (χ2n) is 2.34. The number of ketones is 1. The third-order valence-electron chi connectivity index (χ3n) is 1.45. The Bertz CT molecular complexity index is 203. The van der Waals surface area contributed by atoms with Gasteiger partial charge in [0.25, 0.3) is 0 Å². The molecule has 0 amide bonds. The second kappa shape index (κ2) is 5.76. The van der Waals surface area contributed by atoms with Gasteiger partial charge in [-0.1, -0.05) is 0 Å². The molecule has 0 aromatic heterocycles. The molecule has 0 heterocycles. The minimum absolute atomic E-state index is 0.206. The minimum Gasteiger partial charge on any atom is -0.394 e. The largest absolute Gasteiger partial charge is 0.394 e. The van der Waals surface area contributed by atoms with E-state index in [4.69, 9.17) is 20.4 Å². The molecule has 5 nitrogen and oxygen atoms in total. The highest BCUT2D eigenvalue weighted by molar-refractivity contribution is 5.96. The molecule has 0 rings (SSSR count). The molecule has 76 valence electrons. The Morgan fingerprint density at radius 3 is 2.23 bits per heavy atom. The molecule has 0 saturated carbocycles. The summed E-state index contributed by atoms with van der Waals surface area (Å²) >= 11 is 0. The van der Waals surface area contributed by atoms with E-state index < -0.39 is 36.8 Å². The Labute approximate surface area is 73.7 Å². The summed E-state index contributed by atoms with van der Waals surface area (Å²) < 4.78 is 12.0. The van der Waals surface area contributed by atoms with Gasteiger partial charge in [-0.15, -0.1) is 0 Å². The predicted molar refractivity (Wildman–Crippen MR) is 40.4 cm³/mol. The van der Waals surface area contributed by atoms with Crippen molar-refractivity contribution < 1.29 is 29.6 Å². The van der Waals surface area contributed by atoms with Gasteiger partial charge >= 0.3 is 0 Å². The summed E-state index contributed by atoms with van der Waals surface area (Å²) in [4.78, 5) is 10.7. The van der Waals surface area contributed by atoms with Crippen LogP contribution in [0.2, 0.25) is 0 Å². The fraction of sp³-hybridized carbons (Fsp3) is 0.571. The van der Waals surface area contributed by atoms with E-state index in [1.54, 1.807) is 0 Å². The molecule has 0 aliphatic carbocycles. The lowest BCUT2D eigenvalue weighted by Gasteiger charge is -2.16. The fourth-order valence-corrected chi connectivity index (χ4v) is 0.689. The number of aliphatic hydroxyl groups excluding tert-OH is 4. The summed E-state index contributed by atoms with van der Waals surface area (Å²) in [6.45, 7) is -1.78. The molecule has 0 fully saturated rings. The summed E-state index contributed by atoms with van der Waals surface area (Å²) in [6, 6.07) is 0. The van der Waals surface area contributed by atoms with Gasteiger partial charge in [0.2, 0.25) is 0 Å². The first-order valence-corrected chi connectivity index (χ1v) is 3.49. The van der Waals surface area contributed by atoms with Crippen LogP contribution in [0.1, 0.15) is 0 Å². The molecular weight excluding hydrogens is 183 g/mol. The lowest BCUT2D eigenvalue weighted by Crippen LogP contribution is -2.34. The molecular formula is C7H11FO5. The van der Waals surface area contributed by atoms with E-state index in [9.17, 15) is 9.18 Å². The molecule has 2 atom stereocenters. The van der Waals surface area contributed by atoms with Crippen LogP contribution in [-0.4, -0.2) is 51.6 Å². The second-order valence-corrected chi connectivity index (χ2v) is 2.34. The molecule has 0 aromatic carbocycles. The number of Topliss-reactive ketones (excluding diaryl/α,β-unsaturated/α-hetero) is 1. The van der Waals surface area contributed by atoms with E-state index in [0.717, 1.165) is 0 Å². The van der Waals surface area contributed by atoms with Gasteiger partial charge < -0.3 is 20.4 Å². The Morgan fingerprint density at radius 2 is 1.92 bits per heavy atom. The van der Waals surface area contributed by atoms with Crippen molar-refractivity contribution >= 4 is 5.78 Å². The molecule has 0 aliphatic heterocycles. The fourth-order valence-electron chi connectivity index (χ4n) is 0.689. The number of carbonyl (C=O) groups is 1. The van der Waals surface area contributed by atoms with E-state index in [2.05, 4.69) is 0 Å². The standard InChI is InChI=1S/C7H11FO5/c8-1-4(5(11)2-9)7(13)6(12)3-10/h1,6-7,9-10,12-13H,2-3H2/b4-1+. The van der Waals surface area contributed by atoms with E-state index in [-0.39, 0.29) is 6.33 Å². The van der Waals surface area contributed by atoms with Crippen LogP contribution in [0.25, 0.3) is 0 Å².